The molecule has 0 fully saturated rings. The zero-order valence-corrected chi connectivity index (χ0v) is 15.2. The highest BCUT2D eigenvalue weighted by molar-refractivity contribution is 8.00. The summed E-state index contributed by atoms with van der Waals surface area (Å²) in [6.07, 6.45) is 0. The highest BCUT2D eigenvalue weighted by Crippen LogP contribution is 2.13. The largest absolute Gasteiger partial charge is 0.462 e. The van der Waals surface area contributed by atoms with Gasteiger partial charge in [0.1, 0.15) is 5.76 Å². The molecule has 26 heavy (non-hydrogen) atoms. The van der Waals surface area contributed by atoms with Crippen LogP contribution in [0.15, 0.2) is 34.9 Å². The molecule has 1 aromatic carbocycles. The van der Waals surface area contributed by atoms with Crippen LogP contribution < -0.4 is 10.6 Å². The van der Waals surface area contributed by atoms with Crippen LogP contribution in [-0.2, 0) is 14.3 Å². The van der Waals surface area contributed by atoms with Gasteiger partial charge in [0.25, 0.3) is 0 Å². The molecule has 2 amide bonds. The Morgan fingerprint density at radius 2 is 1.88 bits per heavy atom. The number of hydrogen-bond acceptors (Lipinski definition) is 7. The molecule has 2 aromatic rings. The van der Waals surface area contributed by atoms with E-state index in [4.69, 9.17) is 9.26 Å². The van der Waals surface area contributed by atoms with Crippen molar-refractivity contribution in [1.29, 1.82) is 0 Å². The lowest BCUT2D eigenvalue weighted by Crippen LogP contribution is -2.18. The van der Waals surface area contributed by atoms with E-state index >= 15 is 0 Å². The van der Waals surface area contributed by atoms with Crippen molar-refractivity contribution in [3.05, 3.63) is 41.7 Å². The van der Waals surface area contributed by atoms with E-state index < -0.39 is 5.97 Å². The summed E-state index contributed by atoms with van der Waals surface area (Å²) in [6, 6.07) is 8.08. The van der Waals surface area contributed by atoms with Gasteiger partial charge >= 0.3 is 5.97 Å². The number of aromatic nitrogens is 1. The molecule has 0 aliphatic carbocycles. The molecule has 2 rings (SSSR count). The van der Waals surface area contributed by atoms with Gasteiger partial charge in [-0.3, -0.25) is 9.59 Å². The van der Waals surface area contributed by atoms with E-state index in [1.54, 1.807) is 44.2 Å². The van der Waals surface area contributed by atoms with E-state index in [1.807, 2.05) is 0 Å². The number of nitrogens with one attached hydrogen (secondary N) is 2. The number of thioether (sulfide) groups is 1. The predicted molar refractivity (Wildman–Crippen MR) is 98.2 cm³/mol. The second-order valence-corrected chi connectivity index (χ2v) is 6.20. The van der Waals surface area contributed by atoms with Crippen LogP contribution in [0.2, 0.25) is 0 Å². The number of ether oxygens (including phenoxy) is 1. The van der Waals surface area contributed by atoms with Crippen molar-refractivity contribution >= 4 is 41.1 Å². The summed E-state index contributed by atoms with van der Waals surface area (Å²) in [5.41, 5.74) is 0.850. The second-order valence-electron chi connectivity index (χ2n) is 5.21. The van der Waals surface area contributed by atoms with Crippen molar-refractivity contribution < 1.29 is 23.6 Å². The Kier molecular flexibility index (Phi) is 7.22. The lowest BCUT2D eigenvalue weighted by molar-refractivity contribution is -0.114. The first kappa shape index (κ1) is 19.5. The fraction of sp³-hybridized carbons (Fsp3) is 0.294. The molecule has 0 atom stereocenters. The van der Waals surface area contributed by atoms with Crippen LogP contribution in [-0.4, -0.2) is 41.1 Å². The Balaban J connectivity index is 1.75. The lowest BCUT2D eigenvalue weighted by Gasteiger charge is -2.07. The van der Waals surface area contributed by atoms with Crippen LogP contribution in [0, 0.1) is 6.92 Å². The minimum Gasteiger partial charge on any atom is -0.462 e. The monoisotopic (exact) mass is 377 g/mol. The Morgan fingerprint density at radius 3 is 2.54 bits per heavy atom. The van der Waals surface area contributed by atoms with Gasteiger partial charge in [-0.2, -0.15) is 0 Å². The summed E-state index contributed by atoms with van der Waals surface area (Å²) in [7, 11) is 0. The van der Waals surface area contributed by atoms with Crippen molar-refractivity contribution in [3.8, 4) is 0 Å². The number of carbonyl (C=O) groups excluding carboxylic acids is 3. The molecule has 8 nitrogen and oxygen atoms in total. The number of nitrogens with zero attached hydrogens (tertiary/aromatic N) is 1. The Labute approximate surface area is 154 Å². The molecule has 1 aromatic heterocycles. The average Bonchev–Trinajstić information content (AvgIpc) is 3.00. The summed E-state index contributed by atoms with van der Waals surface area (Å²) < 4.78 is 9.77. The van der Waals surface area contributed by atoms with Crippen molar-refractivity contribution in [1.82, 2.24) is 5.16 Å². The molecular weight excluding hydrogens is 358 g/mol. The van der Waals surface area contributed by atoms with Crippen molar-refractivity contribution in [2.24, 2.45) is 0 Å². The highest BCUT2D eigenvalue weighted by atomic mass is 32.2. The van der Waals surface area contributed by atoms with Crippen LogP contribution in [0.25, 0.3) is 0 Å². The van der Waals surface area contributed by atoms with Gasteiger partial charge < -0.3 is 19.9 Å². The van der Waals surface area contributed by atoms with Gasteiger partial charge in [-0.05, 0) is 32.0 Å². The molecule has 0 unspecified atom stereocenters. The van der Waals surface area contributed by atoms with Crippen molar-refractivity contribution in [2.45, 2.75) is 13.8 Å². The third-order valence-corrected chi connectivity index (χ3v) is 3.95. The van der Waals surface area contributed by atoms with Gasteiger partial charge in [0.15, 0.2) is 5.82 Å². The third kappa shape index (κ3) is 6.25. The maximum Gasteiger partial charge on any atom is 0.338 e. The van der Waals surface area contributed by atoms with E-state index in [0.29, 0.717) is 22.8 Å². The zero-order valence-electron chi connectivity index (χ0n) is 14.4. The van der Waals surface area contributed by atoms with Gasteiger partial charge in [0.05, 0.1) is 23.7 Å². The van der Waals surface area contributed by atoms with E-state index in [-0.39, 0.29) is 29.9 Å². The molecule has 0 saturated carbocycles. The summed E-state index contributed by atoms with van der Waals surface area (Å²) in [4.78, 5) is 35.4. The quantitative estimate of drug-likeness (QED) is 0.680. The van der Waals surface area contributed by atoms with E-state index in [1.165, 1.54) is 0 Å². The number of anilines is 2. The minimum absolute atomic E-state index is 0.0922. The second kappa shape index (κ2) is 9.62. The molecule has 9 heteroatoms. The van der Waals surface area contributed by atoms with E-state index in [9.17, 15) is 14.4 Å². The molecule has 0 aliphatic heterocycles. The number of hydrogen-bond donors (Lipinski definition) is 2. The number of rotatable bonds is 8. The minimum atomic E-state index is -0.447. The van der Waals surface area contributed by atoms with Crippen molar-refractivity contribution in [2.75, 3.05) is 28.7 Å². The summed E-state index contributed by atoms with van der Waals surface area (Å²) in [5, 5.41) is 8.91. The molecule has 2 N–H and O–H groups in total. The topological polar surface area (TPSA) is 111 Å². The van der Waals surface area contributed by atoms with Crippen LogP contribution in [0.4, 0.5) is 11.5 Å². The van der Waals surface area contributed by atoms with E-state index in [2.05, 4.69) is 15.8 Å². The number of carbonyl (C=O) groups is 3. The first-order valence-corrected chi connectivity index (χ1v) is 9.01. The number of aryl methyl sites for hydroxylation is 1. The van der Waals surface area contributed by atoms with Gasteiger partial charge in [0, 0.05) is 11.8 Å². The summed E-state index contributed by atoms with van der Waals surface area (Å²) in [5.74, 6) is 0.127. The molecule has 1 heterocycles. The summed E-state index contributed by atoms with van der Waals surface area (Å²) >= 11 is 1.16. The average molecular weight is 377 g/mol. The van der Waals surface area contributed by atoms with Crippen LogP contribution in [0.5, 0.6) is 0 Å². The number of amides is 2. The predicted octanol–water partition coefficient (Wildman–Crippen LogP) is 2.47. The SMILES string of the molecule is CCOC(=O)c1cccc(NC(=O)CSCC(=O)Nc2cc(C)on2)c1. The van der Waals surface area contributed by atoms with Crippen LogP contribution in [0.3, 0.4) is 0 Å². The van der Waals surface area contributed by atoms with Crippen LogP contribution >= 0.6 is 11.8 Å². The van der Waals surface area contributed by atoms with E-state index in [0.717, 1.165) is 11.8 Å². The maximum absolute atomic E-state index is 12.0. The van der Waals surface area contributed by atoms with Gasteiger partial charge in [0.2, 0.25) is 11.8 Å². The first-order valence-electron chi connectivity index (χ1n) is 7.86. The Bertz CT molecular complexity index is 790. The van der Waals surface area contributed by atoms with Crippen LogP contribution in [0.1, 0.15) is 23.0 Å². The highest BCUT2D eigenvalue weighted by Gasteiger charge is 2.10. The zero-order chi connectivity index (χ0) is 18.9. The smallest absolute Gasteiger partial charge is 0.338 e. The lowest BCUT2D eigenvalue weighted by atomic mass is 10.2. The number of esters is 1. The summed E-state index contributed by atoms with van der Waals surface area (Å²) in [6.45, 7) is 3.72. The molecule has 0 spiro atoms. The fourth-order valence-electron chi connectivity index (χ4n) is 1.98. The molecular formula is C17H19N3O5S. The fourth-order valence-corrected chi connectivity index (χ4v) is 2.59. The van der Waals surface area contributed by atoms with Gasteiger partial charge in [-0.1, -0.05) is 11.2 Å². The maximum atomic E-state index is 12.0. The Morgan fingerprint density at radius 1 is 1.15 bits per heavy atom. The van der Waals surface area contributed by atoms with Gasteiger partial charge in [-0.15, -0.1) is 11.8 Å². The molecule has 0 radical (unpaired) electrons. The van der Waals surface area contributed by atoms with Crippen molar-refractivity contribution in [3.63, 3.8) is 0 Å². The third-order valence-electron chi connectivity index (χ3n) is 3.02. The standard InChI is InChI=1S/C17H19N3O5S/c1-3-24-17(23)12-5-4-6-13(8-12)18-15(21)9-26-10-16(22)19-14-7-11(2)25-20-14/h4-8H,3,9-10H2,1-2H3,(H,18,21)(H,19,20,22). The molecule has 0 saturated heterocycles. The van der Waals surface area contributed by atoms with Gasteiger partial charge in [-0.25, -0.2) is 4.79 Å². The molecule has 0 aliphatic rings. The molecule has 0 bridgehead atoms. The first-order chi connectivity index (χ1) is 12.5. The Hall–Kier alpha value is -2.81. The molecule has 138 valence electrons. The number of benzene rings is 1. The normalized spacial score (nSPS) is 10.2.